The first-order chi connectivity index (χ1) is 8.30. The molecular formula is C7H10O10S2. The average molecular weight is 318 g/mol. The van der Waals surface area contributed by atoms with Crippen LogP contribution in [0.15, 0.2) is 30.3 Å². The number of aromatic carboxylic acids is 1. The first-order valence-corrected chi connectivity index (χ1v) is 6.78. The lowest BCUT2D eigenvalue weighted by atomic mass is 10.2. The van der Waals surface area contributed by atoms with Crippen LogP contribution in [0.3, 0.4) is 0 Å². The third kappa shape index (κ3) is 31.4. The number of carbonyl (C=O) groups is 1. The van der Waals surface area contributed by atoms with Crippen molar-refractivity contribution >= 4 is 26.8 Å². The highest BCUT2D eigenvalue weighted by atomic mass is 32.3. The van der Waals surface area contributed by atoms with Crippen LogP contribution in [0.5, 0.6) is 0 Å². The molecule has 0 saturated carbocycles. The Bertz CT molecular complexity index is 528. The van der Waals surface area contributed by atoms with Gasteiger partial charge < -0.3 is 5.11 Å². The zero-order valence-electron chi connectivity index (χ0n) is 8.98. The van der Waals surface area contributed by atoms with Gasteiger partial charge in [0.25, 0.3) is 0 Å². The van der Waals surface area contributed by atoms with Crippen LogP contribution >= 0.6 is 0 Å². The van der Waals surface area contributed by atoms with Crippen LogP contribution in [0.1, 0.15) is 10.4 Å². The van der Waals surface area contributed by atoms with Crippen molar-refractivity contribution in [2.24, 2.45) is 0 Å². The van der Waals surface area contributed by atoms with Crippen LogP contribution in [0.4, 0.5) is 0 Å². The maximum absolute atomic E-state index is 10.2. The van der Waals surface area contributed by atoms with E-state index in [1.165, 1.54) is 0 Å². The lowest BCUT2D eigenvalue weighted by Crippen LogP contribution is -1.93. The van der Waals surface area contributed by atoms with Gasteiger partial charge in [0.05, 0.1) is 5.56 Å². The van der Waals surface area contributed by atoms with E-state index in [0.717, 1.165) is 0 Å². The van der Waals surface area contributed by atoms with E-state index < -0.39 is 26.8 Å². The molecule has 1 rings (SSSR count). The van der Waals surface area contributed by atoms with Crippen LogP contribution in [0, 0.1) is 0 Å². The lowest BCUT2D eigenvalue weighted by molar-refractivity contribution is 0.0696. The molecule has 0 spiro atoms. The monoisotopic (exact) mass is 318 g/mol. The Morgan fingerprint density at radius 1 is 0.789 bits per heavy atom. The van der Waals surface area contributed by atoms with Gasteiger partial charge in [-0.3, -0.25) is 18.2 Å². The van der Waals surface area contributed by atoms with Gasteiger partial charge in [-0.15, -0.1) is 0 Å². The second kappa shape index (κ2) is 8.52. The summed E-state index contributed by atoms with van der Waals surface area (Å²) in [4.78, 5) is 10.2. The summed E-state index contributed by atoms with van der Waals surface area (Å²) in [5, 5.41) is 8.38. The summed E-state index contributed by atoms with van der Waals surface area (Å²) in [6.45, 7) is 0. The van der Waals surface area contributed by atoms with E-state index in [-0.39, 0.29) is 0 Å². The molecule has 5 N–H and O–H groups in total. The minimum atomic E-state index is -4.67. The molecule has 12 heteroatoms. The minimum Gasteiger partial charge on any atom is -0.478 e. The first kappa shape index (κ1) is 19.8. The summed E-state index contributed by atoms with van der Waals surface area (Å²) in [6.07, 6.45) is 0. The number of hydrogen-bond acceptors (Lipinski definition) is 5. The van der Waals surface area contributed by atoms with E-state index in [4.69, 9.17) is 40.2 Å². The summed E-state index contributed by atoms with van der Waals surface area (Å²) in [5.41, 5.74) is 0.331. The molecule has 0 radical (unpaired) electrons. The van der Waals surface area contributed by atoms with E-state index in [9.17, 15) is 4.79 Å². The van der Waals surface area contributed by atoms with Gasteiger partial charge in [-0.2, -0.15) is 16.8 Å². The van der Waals surface area contributed by atoms with Crippen LogP contribution in [0.25, 0.3) is 0 Å². The van der Waals surface area contributed by atoms with Crippen molar-refractivity contribution in [1.29, 1.82) is 0 Å². The zero-order chi connectivity index (χ0) is 15.7. The van der Waals surface area contributed by atoms with Crippen molar-refractivity contribution in [1.82, 2.24) is 0 Å². The molecule has 19 heavy (non-hydrogen) atoms. The quantitative estimate of drug-likeness (QED) is 0.443. The zero-order valence-corrected chi connectivity index (χ0v) is 10.6. The molecule has 0 aromatic heterocycles. The Morgan fingerprint density at radius 3 is 1.21 bits per heavy atom. The lowest BCUT2D eigenvalue weighted by Gasteiger charge is -1.88. The Morgan fingerprint density at radius 2 is 1.05 bits per heavy atom. The van der Waals surface area contributed by atoms with Crippen molar-refractivity contribution in [3.63, 3.8) is 0 Å². The molecular weight excluding hydrogens is 308 g/mol. The molecule has 0 atom stereocenters. The van der Waals surface area contributed by atoms with E-state index in [1.54, 1.807) is 30.3 Å². The Kier molecular flexibility index (Phi) is 8.86. The van der Waals surface area contributed by atoms with Gasteiger partial charge in [0.1, 0.15) is 0 Å². The van der Waals surface area contributed by atoms with Crippen molar-refractivity contribution in [3.05, 3.63) is 35.9 Å². The fourth-order valence-electron chi connectivity index (χ4n) is 0.581. The molecule has 0 amide bonds. The fourth-order valence-corrected chi connectivity index (χ4v) is 0.581. The molecule has 110 valence electrons. The largest absolute Gasteiger partial charge is 0.478 e. The highest BCUT2D eigenvalue weighted by Gasteiger charge is 1.96. The number of hydrogen-bond donors (Lipinski definition) is 5. The highest BCUT2D eigenvalue weighted by molar-refractivity contribution is 7.80. The van der Waals surface area contributed by atoms with Gasteiger partial charge in [-0.25, -0.2) is 4.79 Å². The van der Waals surface area contributed by atoms with E-state index in [2.05, 4.69) is 0 Å². The molecule has 1 aromatic carbocycles. The third-order valence-electron chi connectivity index (χ3n) is 1.02. The smallest absolute Gasteiger partial charge is 0.394 e. The Labute approximate surface area is 108 Å². The van der Waals surface area contributed by atoms with Gasteiger partial charge >= 0.3 is 26.8 Å². The van der Waals surface area contributed by atoms with Crippen LogP contribution in [-0.2, 0) is 20.8 Å². The maximum atomic E-state index is 10.2. The molecule has 0 heterocycles. The highest BCUT2D eigenvalue weighted by Crippen LogP contribution is 1.96. The molecule has 0 saturated heterocycles. The van der Waals surface area contributed by atoms with Gasteiger partial charge in [0, 0.05) is 0 Å². The predicted octanol–water partition coefficient (Wildman–Crippen LogP) is 0.0792. The topological polar surface area (TPSA) is 186 Å². The molecule has 0 unspecified atom stereocenters. The molecule has 10 nitrogen and oxygen atoms in total. The standard InChI is InChI=1S/C7H6O2.2H2O4S/c8-7(9)6-4-2-1-3-5-6;2*1-5(2,3)4/h1-5H,(H,8,9);2*(H2,1,2,3,4). The minimum absolute atomic E-state index is 0.331. The fraction of sp³-hybridized carbons (Fsp3) is 0. The number of benzene rings is 1. The van der Waals surface area contributed by atoms with Crippen molar-refractivity contribution in [3.8, 4) is 0 Å². The number of carboxylic acid groups (broad SMARTS) is 1. The van der Waals surface area contributed by atoms with E-state index in [1.807, 2.05) is 0 Å². The first-order valence-electron chi connectivity index (χ1n) is 3.99. The Hall–Kier alpha value is -1.57. The summed E-state index contributed by atoms with van der Waals surface area (Å²) in [7, 11) is -9.33. The maximum Gasteiger partial charge on any atom is 0.394 e. The SMILES string of the molecule is O=C(O)c1ccccc1.O=S(=O)(O)O.O=S(=O)(O)O. The van der Waals surface area contributed by atoms with Gasteiger partial charge in [0.15, 0.2) is 0 Å². The summed E-state index contributed by atoms with van der Waals surface area (Å²) in [5.74, 6) is -0.879. The molecule has 0 bridgehead atoms. The van der Waals surface area contributed by atoms with E-state index in [0.29, 0.717) is 5.56 Å². The van der Waals surface area contributed by atoms with Crippen molar-refractivity contribution < 1.29 is 44.9 Å². The second-order valence-corrected chi connectivity index (χ2v) is 4.36. The summed E-state index contributed by atoms with van der Waals surface area (Å²) < 4.78 is 63.2. The summed E-state index contributed by atoms with van der Waals surface area (Å²) in [6, 6.07) is 8.30. The normalized spacial score (nSPS) is 10.3. The average Bonchev–Trinajstić information content (AvgIpc) is 2.13. The third-order valence-corrected chi connectivity index (χ3v) is 1.02. The second-order valence-electron chi connectivity index (χ2n) is 2.57. The number of carboxylic acids is 1. The van der Waals surface area contributed by atoms with Gasteiger partial charge in [-0.05, 0) is 12.1 Å². The van der Waals surface area contributed by atoms with Crippen molar-refractivity contribution in [2.75, 3.05) is 0 Å². The van der Waals surface area contributed by atoms with E-state index >= 15 is 0 Å². The van der Waals surface area contributed by atoms with Crippen LogP contribution in [-0.4, -0.2) is 46.1 Å². The van der Waals surface area contributed by atoms with Gasteiger partial charge in [0.2, 0.25) is 0 Å². The number of rotatable bonds is 1. The predicted molar refractivity (Wildman–Crippen MR) is 61.8 cm³/mol. The Balaban J connectivity index is 0. The molecule has 0 aliphatic carbocycles. The van der Waals surface area contributed by atoms with Gasteiger partial charge in [-0.1, -0.05) is 18.2 Å². The summed E-state index contributed by atoms with van der Waals surface area (Å²) >= 11 is 0. The molecule has 0 fully saturated rings. The molecule has 0 aliphatic heterocycles. The molecule has 1 aromatic rings. The van der Waals surface area contributed by atoms with Crippen LogP contribution < -0.4 is 0 Å². The van der Waals surface area contributed by atoms with Crippen molar-refractivity contribution in [2.45, 2.75) is 0 Å². The van der Waals surface area contributed by atoms with Crippen LogP contribution in [0.2, 0.25) is 0 Å². The molecule has 0 aliphatic rings.